The van der Waals surface area contributed by atoms with Gasteiger partial charge >= 0.3 is 0 Å². The van der Waals surface area contributed by atoms with Gasteiger partial charge in [0.05, 0.1) is 17.1 Å². The minimum atomic E-state index is -2.99. The van der Waals surface area contributed by atoms with Gasteiger partial charge in [-0.1, -0.05) is 25.7 Å². The van der Waals surface area contributed by atoms with E-state index in [1.165, 1.54) is 0 Å². The number of Topliss-reactive ketones (excluding diaryl/α,β-unsaturated/α-hetero) is 1. The van der Waals surface area contributed by atoms with E-state index in [1.54, 1.807) is 0 Å². The van der Waals surface area contributed by atoms with Gasteiger partial charge in [0.1, 0.15) is 16.4 Å². The third-order valence-electron chi connectivity index (χ3n) is 4.82. The van der Waals surface area contributed by atoms with Crippen molar-refractivity contribution in [3.05, 3.63) is 0 Å². The zero-order chi connectivity index (χ0) is 18.3. The van der Waals surface area contributed by atoms with E-state index < -0.39 is 15.3 Å². The van der Waals surface area contributed by atoms with Gasteiger partial charge in [-0.05, 0) is 46.5 Å². The Kier molecular flexibility index (Phi) is 8.36. The first-order valence-electron chi connectivity index (χ1n) is 9.09. The van der Waals surface area contributed by atoms with Gasteiger partial charge in [-0.25, -0.2) is 8.42 Å². The molecule has 5 nitrogen and oxygen atoms in total. The minimum absolute atomic E-state index is 0.0580. The minimum Gasteiger partial charge on any atom is -0.396 e. The Bertz CT molecular complexity index is 476. The van der Waals surface area contributed by atoms with Crippen molar-refractivity contribution in [3.63, 3.8) is 0 Å². The number of rotatable bonds is 10. The van der Waals surface area contributed by atoms with Crippen molar-refractivity contribution in [2.75, 3.05) is 24.7 Å². The number of hydrogen-bond acceptors (Lipinski definition) is 5. The second kappa shape index (κ2) is 9.30. The number of carbonyl (C=O) groups excluding carboxylic acids is 1. The number of unbranched alkanes of at least 4 members (excludes halogenated alkanes) is 4. The molecule has 1 N–H and O–H groups in total. The van der Waals surface area contributed by atoms with E-state index in [0.29, 0.717) is 12.8 Å². The molecule has 1 heterocycles. The third-order valence-corrected chi connectivity index (χ3v) is 6.48. The monoisotopic (exact) mass is 362 g/mol. The lowest BCUT2D eigenvalue weighted by molar-refractivity contribution is -0.139. The maximum Gasteiger partial charge on any atom is 0.164 e. The Labute approximate surface area is 147 Å². The molecule has 0 radical (unpaired) electrons. The number of hydrogen-bond donors (Lipinski definition) is 1. The predicted octanol–water partition coefficient (Wildman–Crippen LogP) is 2.90. The van der Waals surface area contributed by atoms with Crippen LogP contribution < -0.4 is 0 Å². The fourth-order valence-electron chi connectivity index (χ4n) is 3.14. The summed E-state index contributed by atoms with van der Waals surface area (Å²) >= 11 is 0. The molecule has 1 saturated heterocycles. The molecule has 0 aliphatic carbocycles. The lowest BCUT2D eigenvalue weighted by Crippen LogP contribution is -2.42. The molecule has 6 heteroatoms. The number of aliphatic hydroxyl groups excluding tert-OH is 1. The maximum atomic E-state index is 12.8. The fourth-order valence-corrected chi connectivity index (χ4v) is 4.75. The highest BCUT2D eigenvalue weighted by Crippen LogP contribution is 2.39. The average Bonchev–Trinajstić information content (AvgIpc) is 2.49. The maximum absolute atomic E-state index is 12.8. The number of aliphatic hydroxyl groups is 1. The van der Waals surface area contributed by atoms with E-state index >= 15 is 0 Å². The fraction of sp³-hybridized carbons (Fsp3) is 0.944. The van der Waals surface area contributed by atoms with E-state index in [0.717, 1.165) is 38.5 Å². The van der Waals surface area contributed by atoms with Crippen LogP contribution in [0.15, 0.2) is 0 Å². The zero-order valence-electron chi connectivity index (χ0n) is 15.5. The van der Waals surface area contributed by atoms with Gasteiger partial charge in [0.15, 0.2) is 5.78 Å². The Morgan fingerprint density at radius 3 is 2.12 bits per heavy atom. The summed E-state index contributed by atoms with van der Waals surface area (Å²) in [5.74, 6) is 0.278. The van der Waals surface area contributed by atoms with Crippen LogP contribution in [-0.4, -0.2) is 49.6 Å². The molecule has 0 saturated carbocycles. The Morgan fingerprint density at radius 1 is 1.04 bits per heavy atom. The molecule has 0 aromatic heterocycles. The number of ether oxygens (including phenoxy) is 1. The summed E-state index contributed by atoms with van der Waals surface area (Å²) in [6.45, 7) is 6.04. The quantitative estimate of drug-likeness (QED) is 0.604. The molecule has 1 rings (SSSR count). The Hall–Kier alpha value is -0.460. The van der Waals surface area contributed by atoms with Crippen molar-refractivity contribution in [2.45, 2.75) is 77.7 Å². The molecule has 0 amide bonds. The van der Waals surface area contributed by atoms with E-state index in [4.69, 9.17) is 9.84 Å². The van der Waals surface area contributed by atoms with E-state index in [-0.39, 0.29) is 36.1 Å². The summed E-state index contributed by atoms with van der Waals surface area (Å²) in [6, 6.07) is 0. The van der Waals surface area contributed by atoms with Crippen LogP contribution in [0.1, 0.15) is 72.1 Å². The molecule has 24 heavy (non-hydrogen) atoms. The lowest BCUT2D eigenvalue weighted by atomic mass is 9.74. The van der Waals surface area contributed by atoms with Crippen LogP contribution >= 0.6 is 0 Å². The molecule has 1 aliphatic heterocycles. The molecule has 1 fully saturated rings. The van der Waals surface area contributed by atoms with Crippen molar-refractivity contribution in [2.24, 2.45) is 5.41 Å². The van der Waals surface area contributed by atoms with Crippen molar-refractivity contribution >= 4 is 15.6 Å². The van der Waals surface area contributed by atoms with Crippen LogP contribution in [0.25, 0.3) is 0 Å². The highest BCUT2D eigenvalue weighted by molar-refractivity contribution is 7.91. The van der Waals surface area contributed by atoms with Crippen LogP contribution in [0, 0.1) is 5.41 Å². The largest absolute Gasteiger partial charge is 0.396 e. The summed E-state index contributed by atoms with van der Waals surface area (Å²) in [4.78, 5) is 12.8. The molecule has 0 spiro atoms. The van der Waals surface area contributed by atoms with E-state index in [2.05, 4.69) is 0 Å². The average molecular weight is 363 g/mol. The van der Waals surface area contributed by atoms with Crippen molar-refractivity contribution in [1.82, 2.24) is 0 Å². The topological polar surface area (TPSA) is 80.7 Å². The second-order valence-corrected chi connectivity index (χ2v) is 10.3. The van der Waals surface area contributed by atoms with Crippen LogP contribution in [0.4, 0.5) is 0 Å². The molecule has 1 aliphatic rings. The molecule has 0 unspecified atom stereocenters. The normalized spacial score (nSPS) is 20.0. The molecular formula is C18H34O5S. The second-order valence-electron chi connectivity index (χ2n) is 8.00. The van der Waals surface area contributed by atoms with Gasteiger partial charge in [0.25, 0.3) is 0 Å². The van der Waals surface area contributed by atoms with Crippen LogP contribution in [-0.2, 0) is 19.4 Å². The van der Waals surface area contributed by atoms with Gasteiger partial charge in [0.2, 0.25) is 0 Å². The predicted molar refractivity (Wildman–Crippen MR) is 95.8 cm³/mol. The van der Waals surface area contributed by atoms with Gasteiger partial charge in [0, 0.05) is 12.0 Å². The Balaban J connectivity index is 2.61. The SMILES string of the molecule is CC(C)(C)OCC(=O)C1(CCCCCCCO)CCS(=O)(=O)CC1. The van der Waals surface area contributed by atoms with E-state index in [1.807, 2.05) is 20.8 Å². The molecular weight excluding hydrogens is 328 g/mol. The van der Waals surface area contributed by atoms with Crippen LogP contribution in [0.2, 0.25) is 0 Å². The number of carbonyl (C=O) groups is 1. The van der Waals surface area contributed by atoms with Gasteiger partial charge < -0.3 is 9.84 Å². The van der Waals surface area contributed by atoms with Gasteiger partial charge in [-0.15, -0.1) is 0 Å². The molecule has 0 aromatic rings. The van der Waals surface area contributed by atoms with Crippen molar-refractivity contribution in [1.29, 1.82) is 0 Å². The van der Waals surface area contributed by atoms with Crippen molar-refractivity contribution < 1.29 is 23.1 Å². The summed E-state index contributed by atoms with van der Waals surface area (Å²) in [5.41, 5.74) is -0.907. The lowest BCUT2D eigenvalue weighted by Gasteiger charge is -2.36. The first-order valence-corrected chi connectivity index (χ1v) is 10.9. The zero-order valence-corrected chi connectivity index (χ0v) is 16.3. The number of ketones is 1. The summed E-state index contributed by atoms with van der Waals surface area (Å²) in [5, 5.41) is 8.80. The smallest absolute Gasteiger partial charge is 0.164 e. The van der Waals surface area contributed by atoms with E-state index in [9.17, 15) is 13.2 Å². The van der Waals surface area contributed by atoms with Crippen LogP contribution in [0.5, 0.6) is 0 Å². The third kappa shape index (κ3) is 7.62. The van der Waals surface area contributed by atoms with Gasteiger partial charge in [-0.2, -0.15) is 0 Å². The molecule has 0 aromatic carbocycles. The number of sulfone groups is 1. The highest BCUT2D eigenvalue weighted by Gasteiger charge is 2.42. The Morgan fingerprint density at radius 2 is 1.58 bits per heavy atom. The van der Waals surface area contributed by atoms with Crippen LogP contribution in [0.3, 0.4) is 0 Å². The molecule has 142 valence electrons. The summed E-state index contributed by atoms with van der Waals surface area (Å²) in [6.07, 6.45) is 6.40. The summed E-state index contributed by atoms with van der Waals surface area (Å²) < 4.78 is 29.2. The van der Waals surface area contributed by atoms with Crippen molar-refractivity contribution in [3.8, 4) is 0 Å². The van der Waals surface area contributed by atoms with Gasteiger partial charge in [-0.3, -0.25) is 4.79 Å². The standard InChI is InChI=1S/C18H34O5S/c1-17(2,3)23-15-16(20)18(9-7-5-4-6-8-12-19)10-13-24(21,22)14-11-18/h19H,4-15H2,1-3H3. The molecule has 0 atom stereocenters. The first-order chi connectivity index (χ1) is 11.1. The summed E-state index contributed by atoms with van der Waals surface area (Å²) in [7, 11) is -2.99. The molecule has 0 bridgehead atoms. The highest BCUT2D eigenvalue weighted by atomic mass is 32.2. The first kappa shape index (κ1) is 21.6.